The molecule has 0 aromatic heterocycles. The minimum atomic E-state index is -1.57. The summed E-state index contributed by atoms with van der Waals surface area (Å²) in [5, 5.41) is 54.5. The predicted octanol–water partition coefficient (Wildman–Crippen LogP) is 15.4. The maximum absolute atomic E-state index is 13.0. The number of nitrogens with one attached hydrogen (secondary N) is 1. The molecule has 6 N–H and O–H groups in total. The van der Waals surface area contributed by atoms with Gasteiger partial charge in [-0.1, -0.05) is 276 Å². The van der Waals surface area contributed by atoms with Gasteiger partial charge in [0.15, 0.2) is 6.29 Å². The number of hydrogen-bond donors (Lipinski definition) is 6. The minimum Gasteiger partial charge on any atom is -0.394 e. The first-order valence-electron chi connectivity index (χ1n) is 30.6. The van der Waals surface area contributed by atoms with E-state index in [0.717, 1.165) is 57.8 Å². The number of amides is 1. The Morgan fingerprint density at radius 3 is 1.16 bits per heavy atom. The van der Waals surface area contributed by atoms with E-state index in [1.165, 1.54) is 225 Å². The van der Waals surface area contributed by atoms with Gasteiger partial charge in [-0.15, -0.1) is 0 Å². The monoisotopic (exact) mass is 992 g/mol. The molecule has 7 atom stereocenters. The fourth-order valence-electron chi connectivity index (χ4n) is 9.92. The SMILES string of the molecule is CCCCCCCCC/C=C\CCCCCCCC(=O)NC(COC1OC(CO)C(O)C(O)C1O)C(O)/C=C/CCCCCCCCCCCCCCCCCCCCCCCCCCCCCCC. The second-order valence-electron chi connectivity index (χ2n) is 21.5. The normalized spacial score (nSPS) is 19.4. The summed E-state index contributed by atoms with van der Waals surface area (Å²) in [6.07, 6.45) is 58.4. The van der Waals surface area contributed by atoms with Gasteiger partial charge in [-0.05, 0) is 44.9 Å². The van der Waals surface area contributed by atoms with Gasteiger partial charge in [0.25, 0.3) is 0 Å². The highest BCUT2D eigenvalue weighted by Gasteiger charge is 2.44. The molecule has 1 saturated heterocycles. The van der Waals surface area contributed by atoms with Crippen LogP contribution >= 0.6 is 0 Å². The summed E-state index contributed by atoms with van der Waals surface area (Å²) in [6, 6.07) is -0.808. The average molecular weight is 993 g/mol. The average Bonchev–Trinajstić information content (AvgIpc) is 3.36. The van der Waals surface area contributed by atoms with E-state index in [9.17, 15) is 30.3 Å². The first-order valence-corrected chi connectivity index (χ1v) is 30.6. The molecule has 0 saturated carbocycles. The second-order valence-corrected chi connectivity index (χ2v) is 21.5. The number of ether oxygens (including phenoxy) is 2. The van der Waals surface area contributed by atoms with Crippen molar-refractivity contribution in [1.82, 2.24) is 5.32 Å². The first-order chi connectivity index (χ1) is 34.3. The van der Waals surface area contributed by atoms with Crippen LogP contribution in [0.2, 0.25) is 0 Å². The van der Waals surface area contributed by atoms with Crippen LogP contribution in [0.3, 0.4) is 0 Å². The molecule has 7 unspecified atom stereocenters. The van der Waals surface area contributed by atoms with Crippen LogP contribution in [0.4, 0.5) is 0 Å². The summed E-state index contributed by atoms with van der Waals surface area (Å²) >= 11 is 0. The van der Waals surface area contributed by atoms with Crippen molar-refractivity contribution in [3.8, 4) is 0 Å². The topological polar surface area (TPSA) is 149 Å². The molecule has 0 aromatic carbocycles. The third-order valence-electron chi connectivity index (χ3n) is 14.8. The Bertz CT molecular complexity index is 1150. The lowest BCUT2D eigenvalue weighted by Crippen LogP contribution is -2.60. The van der Waals surface area contributed by atoms with Gasteiger partial charge in [0.05, 0.1) is 25.4 Å². The molecule has 1 rings (SSSR count). The molecular weight excluding hydrogens is 875 g/mol. The summed E-state index contributed by atoms with van der Waals surface area (Å²) in [5.74, 6) is -0.181. The summed E-state index contributed by atoms with van der Waals surface area (Å²) in [6.45, 7) is 3.80. The van der Waals surface area contributed by atoms with Gasteiger partial charge in [-0.25, -0.2) is 0 Å². The van der Waals surface area contributed by atoms with Crippen molar-refractivity contribution in [2.24, 2.45) is 0 Å². The van der Waals surface area contributed by atoms with E-state index in [2.05, 4.69) is 31.3 Å². The Morgan fingerprint density at radius 2 is 0.800 bits per heavy atom. The zero-order valence-corrected chi connectivity index (χ0v) is 46.0. The van der Waals surface area contributed by atoms with Crippen LogP contribution in [0.25, 0.3) is 0 Å². The molecule has 0 radical (unpaired) electrons. The molecule has 0 aliphatic carbocycles. The molecular formula is C61H117NO8. The molecule has 70 heavy (non-hydrogen) atoms. The standard InChI is InChI=1S/C61H117NO8/c1-3-5-7-9-11-13-15-17-19-21-22-23-24-25-26-27-28-29-30-31-32-33-34-35-36-38-40-42-44-46-48-50-55(64)54(53-69-61-60(68)59(67)58(66)56(52-63)70-61)62-57(65)51-49-47-45-43-41-39-37-20-18-16-14-12-10-8-6-4-2/h20,37,48,50,54-56,58-61,63-64,66-68H,3-19,21-36,38-47,49,51-53H2,1-2H3,(H,62,65)/b37-20-,50-48+. The highest BCUT2D eigenvalue weighted by atomic mass is 16.7. The number of carbonyl (C=O) groups is 1. The van der Waals surface area contributed by atoms with Crippen LogP contribution in [-0.4, -0.2) is 87.5 Å². The van der Waals surface area contributed by atoms with Crippen molar-refractivity contribution in [2.75, 3.05) is 13.2 Å². The summed E-state index contributed by atoms with van der Waals surface area (Å²) in [4.78, 5) is 13.0. The molecule has 9 nitrogen and oxygen atoms in total. The number of unbranched alkanes of at least 4 members (excludes halogenated alkanes) is 41. The number of allylic oxidation sites excluding steroid dienone is 3. The van der Waals surface area contributed by atoms with Crippen LogP contribution < -0.4 is 5.32 Å². The Morgan fingerprint density at radius 1 is 0.471 bits per heavy atom. The van der Waals surface area contributed by atoms with E-state index < -0.39 is 49.5 Å². The van der Waals surface area contributed by atoms with Gasteiger partial charge in [0, 0.05) is 6.42 Å². The number of carbonyl (C=O) groups excluding carboxylic acids is 1. The van der Waals surface area contributed by atoms with Crippen LogP contribution in [0.5, 0.6) is 0 Å². The van der Waals surface area contributed by atoms with E-state index in [-0.39, 0.29) is 12.5 Å². The lowest BCUT2D eigenvalue weighted by atomic mass is 9.99. The zero-order valence-electron chi connectivity index (χ0n) is 46.0. The number of hydrogen-bond acceptors (Lipinski definition) is 8. The van der Waals surface area contributed by atoms with Crippen molar-refractivity contribution in [3.05, 3.63) is 24.3 Å². The van der Waals surface area contributed by atoms with Crippen LogP contribution in [0, 0.1) is 0 Å². The highest BCUT2D eigenvalue weighted by Crippen LogP contribution is 2.23. The van der Waals surface area contributed by atoms with E-state index in [0.29, 0.717) is 6.42 Å². The van der Waals surface area contributed by atoms with Gasteiger partial charge in [0.1, 0.15) is 24.4 Å². The molecule has 0 spiro atoms. The van der Waals surface area contributed by atoms with Crippen LogP contribution in [0.15, 0.2) is 24.3 Å². The molecule has 1 fully saturated rings. The number of rotatable bonds is 53. The van der Waals surface area contributed by atoms with Crippen molar-refractivity contribution in [2.45, 2.75) is 346 Å². The highest BCUT2D eigenvalue weighted by molar-refractivity contribution is 5.76. The van der Waals surface area contributed by atoms with E-state index in [4.69, 9.17) is 9.47 Å². The van der Waals surface area contributed by atoms with E-state index >= 15 is 0 Å². The van der Waals surface area contributed by atoms with Crippen LogP contribution in [0.1, 0.15) is 303 Å². The fraction of sp³-hybridized carbons (Fsp3) is 0.918. The third-order valence-corrected chi connectivity index (χ3v) is 14.8. The molecule has 1 aliphatic heterocycles. The first kappa shape index (κ1) is 66.7. The lowest BCUT2D eigenvalue weighted by Gasteiger charge is -2.40. The fourth-order valence-corrected chi connectivity index (χ4v) is 9.92. The van der Waals surface area contributed by atoms with Gasteiger partial charge in [0.2, 0.25) is 5.91 Å². The van der Waals surface area contributed by atoms with Gasteiger partial charge >= 0.3 is 0 Å². The van der Waals surface area contributed by atoms with Crippen molar-refractivity contribution in [3.63, 3.8) is 0 Å². The Balaban J connectivity index is 2.15. The molecule has 1 aliphatic rings. The summed E-state index contributed by atoms with van der Waals surface area (Å²) in [7, 11) is 0. The quantitative estimate of drug-likeness (QED) is 0.0261. The molecule has 0 aromatic rings. The summed E-state index contributed by atoms with van der Waals surface area (Å²) in [5.41, 5.74) is 0. The Hall–Kier alpha value is -1.33. The predicted molar refractivity (Wildman–Crippen MR) is 295 cm³/mol. The molecule has 9 heteroatoms. The van der Waals surface area contributed by atoms with E-state index in [1.54, 1.807) is 6.08 Å². The van der Waals surface area contributed by atoms with Gasteiger partial charge < -0.3 is 40.3 Å². The largest absolute Gasteiger partial charge is 0.394 e. The van der Waals surface area contributed by atoms with Crippen LogP contribution in [-0.2, 0) is 14.3 Å². The third kappa shape index (κ3) is 40.1. The molecule has 0 bridgehead atoms. The molecule has 1 heterocycles. The van der Waals surface area contributed by atoms with Gasteiger partial charge in [-0.2, -0.15) is 0 Å². The maximum Gasteiger partial charge on any atom is 0.220 e. The lowest BCUT2D eigenvalue weighted by molar-refractivity contribution is -0.302. The smallest absolute Gasteiger partial charge is 0.220 e. The van der Waals surface area contributed by atoms with Crippen molar-refractivity contribution in [1.29, 1.82) is 0 Å². The van der Waals surface area contributed by atoms with Gasteiger partial charge in [-0.3, -0.25) is 4.79 Å². The van der Waals surface area contributed by atoms with Crippen molar-refractivity contribution >= 4 is 5.91 Å². The Kier molecular flexibility index (Phi) is 48.7. The molecule has 1 amide bonds. The van der Waals surface area contributed by atoms with E-state index in [1.807, 2.05) is 6.08 Å². The minimum absolute atomic E-state index is 0.181. The zero-order chi connectivity index (χ0) is 50.8. The van der Waals surface area contributed by atoms with Crippen molar-refractivity contribution < 1.29 is 39.8 Å². The maximum atomic E-state index is 13.0. The molecule has 414 valence electrons. The second kappa shape index (κ2) is 51.2. The summed E-state index contributed by atoms with van der Waals surface area (Å²) < 4.78 is 11.3. The number of aliphatic hydroxyl groups excluding tert-OH is 5. The Labute approximate surface area is 432 Å². The number of aliphatic hydroxyl groups is 5.